The summed E-state index contributed by atoms with van der Waals surface area (Å²) in [5.74, 6) is 0.346. The Morgan fingerprint density at radius 1 is 1.50 bits per heavy atom. The van der Waals surface area contributed by atoms with E-state index in [9.17, 15) is 4.79 Å². The minimum atomic E-state index is -0.0511. The van der Waals surface area contributed by atoms with E-state index in [1.807, 2.05) is 9.58 Å². The summed E-state index contributed by atoms with van der Waals surface area (Å²) in [4.78, 5) is 17.9. The first-order valence-electron chi connectivity index (χ1n) is 6.01. The third kappa shape index (κ3) is 2.01. The number of aromatic nitrogens is 3. The molecule has 0 aliphatic carbocycles. The summed E-state index contributed by atoms with van der Waals surface area (Å²) in [5, 5.41) is 4.14. The van der Waals surface area contributed by atoms with Gasteiger partial charge in [0.05, 0.1) is 12.3 Å². The van der Waals surface area contributed by atoms with Crippen LogP contribution < -0.4 is 0 Å². The van der Waals surface area contributed by atoms with Crippen molar-refractivity contribution in [2.24, 2.45) is 0 Å². The molecule has 2 aromatic rings. The Balaban J connectivity index is 1.73. The van der Waals surface area contributed by atoms with Crippen molar-refractivity contribution in [1.82, 2.24) is 19.7 Å². The molecule has 1 unspecified atom stereocenters. The lowest BCUT2D eigenvalue weighted by molar-refractivity contribution is 0.0641. The lowest BCUT2D eigenvalue weighted by atomic mass is 10.1. The van der Waals surface area contributed by atoms with Crippen LogP contribution in [0.4, 0.5) is 0 Å². The van der Waals surface area contributed by atoms with Crippen molar-refractivity contribution < 1.29 is 9.21 Å². The second kappa shape index (κ2) is 4.64. The monoisotopic (exact) mass is 246 g/mol. The molecule has 1 amide bonds. The van der Waals surface area contributed by atoms with E-state index < -0.39 is 0 Å². The minimum absolute atomic E-state index is 0.0511. The lowest BCUT2D eigenvalue weighted by Crippen LogP contribution is -2.40. The number of piperidine rings is 1. The maximum Gasteiger partial charge on any atom is 0.289 e. The largest absolute Gasteiger partial charge is 0.459 e. The molecule has 1 atom stereocenters. The van der Waals surface area contributed by atoms with Gasteiger partial charge in [-0.15, -0.1) is 0 Å². The minimum Gasteiger partial charge on any atom is -0.459 e. The molecule has 1 saturated heterocycles. The van der Waals surface area contributed by atoms with E-state index in [1.165, 1.54) is 12.6 Å². The van der Waals surface area contributed by atoms with Crippen molar-refractivity contribution >= 4 is 5.91 Å². The average Bonchev–Trinajstić information content (AvgIpc) is 3.11. The van der Waals surface area contributed by atoms with Crippen molar-refractivity contribution in [3.05, 3.63) is 36.8 Å². The first kappa shape index (κ1) is 11.0. The lowest BCUT2D eigenvalue weighted by Gasteiger charge is -2.32. The second-order valence-corrected chi connectivity index (χ2v) is 4.40. The van der Waals surface area contributed by atoms with Gasteiger partial charge in [0.15, 0.2) is 5.76 Å². The second-order valence-electron chi connectivity index (χ2n) is 4.40. The van der Waals surface area contributed by atoms with Crippen LogP contribution in [0.2, 0.25) is 0 Å². The fourth-order valence-electron chi connectivity index (χ4n) is 2.32. The van der Waals surface area contributed by atoms with E-state index in [-0.39, 0.29) is 11.9 Å². The highest BCUT2D eigenvalue weighted by Gasteiger charge is 2.26. The first-order chi connectivity index (χ1) is 8.84. The van der Waals surface area contributed by atoms with Crippen molar-refractivity contribution in [3.8, 4) is 0 Å². The maximum atomic E-state index is 12.2. The quantitative estimate of drug-likeness (QED) is 0.802. The first-order valence-corrected chi connectivity index (χ1v) is 6.01. The summed E-state index contributed by atoms with van der Waals surface area (Å²) in [7, 11) is 0. The predicted octanol–water partition coefficient (Wildman–Crippen LogP) is 1.35. The maximum absolute atomic E-state index is 12.2. The van der Waals surface area contributed by atoms with E-state index in [0.29, 0.717) is 12.3 Å². The SMILES string of the molecule is O=C(c1ccco1)N1CCCC(n2cncn2)C1. The van der Waals surface area contributed by atoms with Crippen LogP contribution in [0.25, 0.3) is 0 Å². The molecule has 94 valence electrons. The van der Waals surface area contributed by atoms with Crippen molar-refractivity contribution in [2.75, 3.05) is 13.1 Å². The van der Waals surface area contributed by atoms with E-state index in [0.717, 1.165) is 19.4 Å². The zero-order valence-corrected chi connectivity index (χ0v) is 9.90. The molecule has 0 radical (unpaired) electrons. The summed E-state index contributed by atoms with van der Waals surface area (Å²) in [6.45, 7) is 1.42. The Morgan fingerprint density at radius 2 is 2.44 bits per heavy atom. The topological polar surface area (TPSA) is 64.2 Å². The smallest absolute Gasteiger partial charge is 0.289 e. The predicted molar refractivity (Wildman–Crippen MR) is 62.9 cm³/mol. The summed E-state index contributed by atoms with van der Waals surface area (Å²) in [6.07, 6.45) is 6.73. The molecule has 3 heterocycles. The van der Waals surface area contributed by atoms with Gasteiger partial charge < -0.3 is 9.32 Å². The van der Waals surface area contributed by atoms with E-state index in [2.05, 4.69) is 10.1 Å². The molecule has 1 aliphatic heterocycles. The third-order valence-corrected chi connectivity index (χ3v) is 3.23. The summed E-state index contributed by atoms with van der Waals surface area (Å²) in [6, 6.07) is 3.63. The highest BCUT2D eigenvalue weighted by atomic mass is 16.3. The molecule has 6 nitrogen and oxygen atoms in total. The van der Waals surface area contributed by atoms with Crippen LogP contribution in [-0.4, -0.2) is 38.7 Å². The van der Waals surface area contributed by atoms with E-state index >= 15 is 0 Å². The van der Waals surface area contributed by atoms with Gasteiger partial charge in [0.1, 0.15) is 12.7 Å². The van der Waals surface area contributed by atoms with Crippen molar-refractivity contribution in [3.63, 3.8) is 0 Å². The highest BCUT2D eigenvalue weighted by Crippen LogP contribution is 2.21. The van der Waals surface area contributed by atoms with Gasteiger partial charge in [-0.2, -0.15) is 5.10 Å². The van der Waals surface area contributed by atoms with Crippen molar-refractivity contribution in [1.29, 1.82) is 0 Å². The van der Waals surface area contributed by atoms with E-state index in [4.69, 9.17) is 4.42 Å². The van der Waals surface area contributed by atoms with Gasteiger partial charge in [0.25, 0.3) is 5.91 Å². The Bertz CT molecular complexity index is 506. The Hall–Kier alpha value is -2.11. The van der Waals surface area contributed by atoms with Crippen LogP contribution >= 0.6 is 0 Å². The molecule has 0 aromatic carbocycles. The standard InChI is InChI=1S/C12H14N4O2/c17-12(11-4-2-6-18-11)15-5-1-3-10(7-15)16-9-13-8-14-16/h2,4,6,8-10H,1,3,5,7H2. The average molecular weight is 246 g/mol. The summed E-state index contributed by atoms with van der Waals surface area (Å²) in [5.41, 5.74) is 0. The van der Waals surface area contributed by atoms with Crippen molar-refractivity contribution in [2.45, 2.75) is 18.9 Å². The Morgan fingerprint density at radius 3 is 3.17 bits per heavy atom. The number of furan rings is 1. The third-order valence-electron chi connectivity index (χ3n) is 3.23. The van der Waals surface area contributed by atoms with Gasteiger partial charge in [-0.05, 0) is 25.0 Å². The number of amides is 1. The normalized spacial score (nSPS) is 20.0. The number of carbonyl (C=O) groups excluding carboxylic acids is 1. The number of likely N-dealkylation sites (tertiary alicyclic amines) is 1. The Labute approximate surface area is 104 Å². The van der Waals surface area contributed by atoms with Crippen LogP contribution in [0.1, 0.15) is 29.4 Å². The van der Waals surface area contributed by atoms with Crippen LogP contribution in [0.3, 0.4) is 0 Å². The zero-order chi connectivity index (χ0) is 12.4. The van der Waals surface area contributed by atoms with Gasteiger partial charge in [-0.3, -0.25) is 4.79 Å². The molecule has 0 N–H and O–H groups in total. The van der Waals surface area contributed by atoms with Crippen LogP contribution in [0.5, 0.6) is 0 Å². The molecule has 0 saturated carbocycles. The van der Waals surface area contributed by atoms with E-state index in [1.54, 1.807) is 18.5 Å². The molecular weight excluding hydrogens is 232 g/mol. The molecule has 0 bridgehead atoms. The molecule has 1 fully saturated rings. The fraction of sp³-hybridized carbons (Fsp3) is 0.417. The van der Waals surface area contributed by atoms with Crippen LogP contribution in [-0.2, 0) is 0 Å². The number of rotatable bonds is 2. The number of carbonyl (C=O) groups is 1. The Kier molecular flexibility index (Phi) is 2.84. The molecule has 1 aliphatic rings. The molecule has 3 rings (SSSR count). The summed E-state index contributed by atoms with van der Waals surface area (Å²) < 4.78 is 6.97. The molecule has 18 heavy (non-hydrogen) atoms. The van der Waals surface area contributed by atoms with Crippen LogP contribution in [0.15, 0.2) is 35.5 Å². The fourth-order valence-corrected chi connectivity index (χ4v) is 2.32. The van der Waals surface area contributed by atoms with Crippen LogP contribution in [0, 0.1) is 0 Å². The van der Waals surface area contributed by atoms with Gasteiger partial charge in [-0.25, -0.2) is 9.67 Å². The zero-order valence-electron chi connectivity index (χ0n) is 9.90. The molecule has 6 heteroatoms. The number of hydrogen-bond donors (Lipinski definition) is 0. The highest BCUT2D eigenvalue weighted by molar-refractivity contribution is 5.91. The summed E-state index contributed by atoms with van der Waals surface area (Å²) >= 11 is 0. The molecule has 0 spiro atoms. The number of hydrogen-bond acceptors (Lipinski definition) is 4. The van der Waals surface area contributed by atoms with Gasteiger partial charge in [-0.1, -0.05) is 0 Å². The van der Waals surface area contributed by atoms with Gasteiger partial charge in [0.2, 0.25) is 0 Å². The molecule has 2 aromatic heterocycles. The van der Waals surface area contributed by atoms with Gasteiger partial charge >= 0.3 is 0 Å². The number of nitrogens with zero attached hydrogens (tertiary/aromatic N) is 4. The van der Waals surface area contributed by atoms with Gasteiger partial charge in [0, 0.05) is 13.1 Å². The molecular formula is C12H14N4O2.